The maximum atomic E-state index is 12.4. The molecule has 1 aliphatic rings. The van der Waals surface area contributed by atoms with Gasteiger partial charge >= 0.3 is 0 Å². The topological polar surface area (TPSA) is 46.2 Å². The van der Waals surface area contributed by atoms with Gasteiger partial charge in [-0.1, -0.05) is 41.9 Å². The minimum absolute atomic E-state index is 0.398. The number of hydrogen-bond acceptors (Lipinski definition) is 2. The monoisotopic (exact) mass is 285 g/mol. The Bertz CT molecular complexity index is 463. The Morgan fingerprint density at radius 1 is 1.33 bits per heavy atom. The molecule has 0 bridgehead atoms. The van der Waals surface area contributed by atoms with Gasteiger partial charge in [0.2, 0.25) is 4.87 Å². The molecular weight excluding hydrogens is 273 g/mol. The molecule has 0 radical (unpaired) electrons. The Labute approximate surface area is 115 Å². The van der Waals surface area contributed by atoms with Gasteiger partial charge in [-0.05, 0) is 12.8 Å². The number of halogens is 2. The zero-order valence-corrected chi connectivity index (χ0v) is 11.2. The highest BCUT2D eigenvalue weighted by atomic mass is 35.5. The van der Waals surface area contributed by atoms with E-state index in [1.54, 1.807) is 30.3 Å². The predicted molar refractivity (Wildman–Crippen MR) is 71.2 cm³/mol. The van der Waals surface area contributed by atoms with Crippen LogP contribution in [0.1, 0.15) is 23.2 Å². The van der Waals surface area contributed by atoms with Crippen LogP contribution < -0.4 is 5.32 Å². The van der Waals surface area contributed by atoms with Crippen LogP contribution in [0.2, 0.25) is 0 Å². The van der Waals surface area contributed by atoms with E-state index in [2.05, 4.69) is 5.32 Å². The fourth-order valence-corrected chi connectivity index (χ4v) is 2.64. The number of hydrogen-bond donors (Lipinski definition) is 1. The molecule has 1 aromatic rings. The molecular formula is C13H13Cl2NO2. The number of carbonyl (C=O) groups is 2. The van der Waals surface area contributed by atoms with Crippen molar-refractivity contribution in [3.63, 3.8) is 0 Å². The molecule has 0 aromatic heterocycles. The molecule has 1 fully saturated rings. The van der Waals surface area contributed by atoms with E-state index in [4.69, 9.17) is 23.2 Å². The van der Waals surface area contributed by atoms with Crippen molar-refractivity contribution in [2.45, 2.75) is 23.1 Å². The summed E-state index contributed by atoms with van der Waals surface area (Å²) < 4.78 is 0. The molecule has 1 saturated heterocycles. The molecule has 1 amide bonds. The van der Waals surface area contributed by atoms with Crippen molar-refractivity contribution in [2.24, 2.45) is 0 Å². The van der Waals surface area contributed by atoms with Crippen LogP contribution >= 0.6 is 23.2 Å². The highest BCUT2D eigenvalue weighted by Crippen LogP contribution is 2.33. The molecule has 0 spiro atoms. The molecule has 0 aliphatic carbocycles. The maximum Gasteiger partial charge on any atom is 0.250 e. The van der Waals surface area contributed by atoms with E-state index in [0.717, 1.165) is 6.42 Å². The second kappa shape index (κ2) is 5.29. The summed E-state index contributed by atoms with van der Waals surface area (Å²) in [5.74, 6) is -0.945. The molecule has 1 aliphatic heterocycles. The molecule has 1 N–H and O–H groups in total. The van der Waals surface area contributed by atoms with Gasteiger partial charge in [-0.15, -0.1) is 11.6 Å². The number of ketones is 1. The second-order valence-corrected chi connectivity index (χ2v) is 5.40. The van der Waals surface area contributed by atoms with Crippen molar-refractivity contribution < 1.29 is 9.59 Å². The predicted octanol–water partition coefficient (Wildman–Crippen LogP) is 2.36. The summed E-state index contributed by atoms with van der Waals surface area (Å²) in [5.41, 5.74) is 0.398. The summed E-state index contributed by atoms with van der Waals surface area (Å²) in [6.07, 6.45) is 1.25. The number of amides is 1. The maximum absolute atomic E-state index is 12.4. The lowest BCUT2D eigenvalue weighted by Gasteiger charge is -2.26. The molecule has 2 rings (SSSR count). The van der Waals surface area contributed by atoms with E-state index in [1.165, 1.54) is 0 Å². The summed E-state index contributed by atoms with van der Waals surface area (Å²) >= 11 is 12.4. The lowest BCUT2D eigenvalue weighted by atomic mass is 9.91. The normalized spacial score (nSPS) is 28.3. The van der Waals surface area contributed by atoms with Gasteiger partial charge in [-0.3, -0.25) is 9.59 Å². The van der Waals surface area contributed by atoms with Crippen molar-refractivity contribution in [1.29, 1.82) is 0 Å². The Morgan fingerprint density at radius 3 is 2.67 bits per heavy atom. The fraction of sp³-hybridized carbons (Fsp3) is 0.385. The van der Waals surface area contributed by atoms with Gasteiger partial charge in [0.05, 0.1) is 5.38 Å². The molecule has 3 nitrogen and oxygen atoms in total. The van der Waals surface area contributed by atoms with Crippen molar-refractivity contribution in [3.05, 3.63) is 35.9 Å². The van der Waals surface area contributed by atoms with Crippen LogP contribution in [0, 0.1) is 0 Å². The zero-order chi connectivity index (χ0) is 13.2. The zero-order valence-electron chi connectivity index (χ0n) is 9.66. The molecule has 2 atom stereocenters. The molecule has 1 aromatic carbocycles. The van der Waals surface area contributed by atoms with Crippen LogP contribution in [-0.2, 0) is 4.79 Å². The summed E-state index contributed by atoms with van der Waals surface area (Å²) in [5, 5.41) is 1.94. The van der Waals surface area contributed by atoms with Gasteiger partial charge in [0.1, 0.15) is 0 Å². The van der Waals surface area contributed by atoms with Crippen LogP contribution in [0.3, 0.4) is 0 Å². The number of nitrogens with one attached hydrogen (secondary N) is 1. The van der Waals surface area contributed by atoms with Crippen molar-refractivity contribution >= 4 is 34.9 Å². The van der Waals surface area contributed by atoms with Gasteiger partial charge in [-0.25, -0.2) is 0 Å². The largest absolute Gasteiger partial charge is 0.354 e. The number of carbonyl (C=O) groups excluding carboxylic acids is 2. The third kappa shape index (κ3) is 2.25. The van der Waals surface area contributed by atoms with Gasteiger partial charge < -0.3 is 5.32 Å². The first-order chi connectivity index (χ1) is 8.56. The first kappa shape index (κ1) is 13.4. The SMILES string of the molecule is O=C1NCCCC(Cl)C1(Cl)C(=O)c1ccccc1. The Kier molecular flexibility index (Phi) is 3.93. The fourth-order valence-electron chi connectivity index (χ4n) is 2.00. The summed E-state index contributed by atoms with van der Waals surface area (Å²) in [4.78, 5) is 22.7. The van der Waals surface area contributed by atoms with Gasteiger partial charge in [0.15, 0.2) is 5.78 Å². The van der Waals surface area contributed by atoms with Gasteiger partial charge in [0, 0.05) is 12.1 Å². The minimum atomic E-state index is -1.71. The summed E-state index contributed by atoms with van der Waals surface area (Å²) in [6, 6.07) is 8.52. The molecule has 5 heteroatoms. The Balaban J connectivity index is 2.39. The third-order valence-corrected chi connectivity index (χ3v) is 4.31. The number of alkyl halides is 2. The van der Waals surface area contributed by atoms with Crippen LogP contribution in [0.5, 0.6) is 0 Å². The van der Waals surface area contributed by atoms with E-state index in [1.807, 2.05) is 0 Å². The quantitative estimate of drug-likeness (QED) is 0.515. The summed E-state index contributed by atoms with van der Waals surface area (Å²) in [7, 11) is 0. The average molecular weight is 286 g/mol. The third-order valence-electron chi connectivity index (χ3n) is 3.05. The Morgan fingerprint density at radius 2 is 2.00 bits per heavy atom. The van der Waals surface area contributed by atoms with Gasteiger partial charge in [-0.2, -0.15) is 0 Å². The second-order valence-electron chi connectivity index (χ2n) is 4.27. The Hall–Kier alpha value is -1.06. The molecule has 2 unspecified atom stereocenters. The van der Waals surface area contributed by atoms with Crippen molar-refractivity contribution in [2.75, 3.05) is 6.54 Å². The number of benzene rings is 1. The molecule has 1 heterocycles. The smallest absolute Gasteiger partial charge is 0.250 e. The molecule has 18 heavy (non-hydrogen) atoms. The van der Waals surface area contributed by atoms with E-state index in [0.29, 0.717) is 18.5 Å². The van der Waals surface area contributed by atoms with Crippen molar-refractivity contribution in [3.8, 4) is 0 Å². The standard InChI is InChI=1S/C13H13Cl2NO2/c14-10-7-4-8-16-12(18)13(10,15)11(17)9-5-2-1-3-6-9/h1-3,5-6,10H,4,7-8H2,(H,16,18). The van der Waals surface area contributed by atoms with E-state index in [-0.39, 0.29) is 0 Å². The highest BCUT2D eigenvalue weighted by Gasteiger charge is 2.50. The van der Waals surface area contributed by atoms with E-state index in [9.17, 15) is 9.59 Å². The van der Waals surface area contributed by atoms with Crippen LogP contribution in [0.25, 0.3) is 0 Å². The number of rotatable bonds is 2. The van der Waals surface area contributed by atoms with Crippen molar-refractivity contribution in [1.82, 2.24) is 5.32 Å². The molecule has 96 valence electrons. The van der Waals surface area contributed by atoms with Crippen LogP contribution in [-0.4, -0.2) is 28.5 Å². The lowest BCUT2D eigenvalue weighted by molar-refractivity contribution is -0.122. The highest BCUT2D eigenvalue weighted by molar-refractivity contribution is 6.53. The average Bonchev–Trinajstić information content (AvgIpc) is 2.53. The van der Waals surface area contributed by atoms with Crippen LogP contribution in [0.15, 0.2) is 30.3 Å². The first-order valence-electron chi connectivity index (χ1n) is 5.78. The molecule has 0 saturated carbocycles. The minimum Gasteiger partial charge on any atom is -0.354 e. The first-order valence-corrected chi connectivity index (χ1v) is 6.59. The van der Waals surface area contributed by atoms with Gasteiger partial charge in [0.25, 0.3) is 5.91 Å². The van der Waals surface area contributed by atoms with E-state index < -0.39 is 21.9 Å². The number of Topliss-reactive ketones (excluding diaryl/α,β-unsaturated/α-hetero) is 1. The van der Waals surface area contributed by atoms with Crippen LogP contribution in [0.4, 0.5) is 0 Å². The lowest BCUT2D eigenvalue weighted by Crippen LogP contribution is -2.52. The van der Waals surface area contributed by atoms with E-state index >= 15 is 0 Å². The summed E-state index contributed by atoms with van der Waals surface area (Å²) in [6.45, 7) is 0.499.